The molecule has 2 aliphatic rings. The molecule has 2 saturated heterocycles. The lowest BCUT2D eigenvalue weighted by Crippen LogP contribution is -2.55. The highest BCUT2D eigenvalue weighted by molar-refractivity contribution is 9.11. The maximum Gasteiger partial charge on any atom is 0.262 e. The summed E-state index contributed by atoms with van der Waals surface area (Å²) in [6.07, 6.45) is 2.73. The fourth-order valence-corrected chi connectivity index (χ4v) is 5.47. The number of nitrogens with zero attached hydrogens (tertiary/aromatic N) is 1. The molecule has 0 saturated carbocycles. The van der Waals surface area contributed by atoms with Crippen LogP contribution in [0.25, 0.3) is 0 Å². The van der Waals surface area contributed by atoms with Gasteiger partial charge in [-0.25, -0.2) is 0 Å². The lowest BCUT2D eigenvalue weighted by atomic mass is 9.88. The second kappa shape index (κ2) is 9.22. The largest absolute Gasteiger partial charge is 0.378 e. The summed E-state index contributed by atoms with van der Waals surface area (Å²) in [4.78, 5) is 41.1. The first-order valence-electron chi connectivity index (χ1n) is 10.5. The van der Waals surface area contributed by atoms with Crippen LogP contribution in [0.3, 0.4) is 0 Å². The molecule has 2 fully saturated rings. The van der Waals surface area contributed by atoms with Crippen LogP contribution < -0.4 is 5.32 Å². The molecular formula is C23H25BrN2O4S. The van der Waals surface area contributed by atoms with E-state index in [0.29, 0.717) is 23.5 Å². The number of benzene rings is 1. The number of Topliss-reactive ketones (excluding diaryl/α,β-unsaturated/α-hetero) is 1. The zero-order valence-electron chi connectivity index (χ0n) is 17.4. The Morgan fingerprint density at radius 3 is 2.58 bits per heavy atom. The van der Waals surface area contributed by atoms with Crippen LogP contribution in [-0.4, -0.2) is 54.3 Å². The number of thiophene rings is 1. The van der Waals surface area contributed by atoms with Crippen LogP contribution in [-0.2, 0) is 16.0 Å². The Kier molecular flexibility index (Phi) is 6.60. The van der Waals surface area contributed by atoms with E-state index in [2.05, 4.69) is 21.2 Å². The quantitative estimate of drug-likeness (QED) is 0.649. The van der Waals surface area contributed by atoms with Crippen LogP contribution in [0, 0.1) is 6.92 Å². The number of hydrogen-bond donors (Lipinski definition) is 1. The summed E-state index contributed by atoms with van der Waals surface area (Å²) in [5.74, 6) is -0.285. The Morgan fingerprint density at radius 2 is 1.97 bits per heavy atom. The second-order valence-corrected chi connectivity index (χ2v) is 10.7. The van der Waals surface area contributed by atoms with Crippen LogP contribution in [0.1, 0.15) is 50.4 Å². The molecule has 0 radical (unpaired) electrons. The van der Waals surface area contributed by atoms with Gasteiger partial charge >= 0.3 is 0 Å². The van der Waals surface area contributed by atoms with E-state index in [9.17, 15) is 14.4 Å². The minimum Gasteiger partial charge on any atom is -0.378 e. The molecule has 4 rings (SSSR count). The van der Waals surface area contributed by atoms with E-state index < -0.39 is 5.54 Å². The van der Waals surface area contributed by atoms with Crippen molar-refractivity contribution in [3.63, 3.8) is 0 Å². The molecule has 2 aromatic rings. The van der Waals surface area contributed by atoms with Crippen LogP contribution in [0.2, 0.25) is 0 Å². The number of aryl methyl sites for hydroxylation is 1. The van der Waals surface area contributed by atoms with Crippen LogP contribution in [0.4, 0.5) is 0 Å². The van der Waals surface area contributed by atoms with Gasteiger partial charge in [0.25, 0.3) is 11.8 Å². The van der Waals surface area contributed by atoms with Gasteiger partial charge < -0.3 is 15.0 Å². The standard InChI is InChI=1S/C23H25BrN2O4S/c1-15-12-16(4-5-17(15)22(29)26-9-2-3-10-26)13-19(27)23(8-11-30-14-23)25-21(28)18-6-7-20(24)31-18/h4-7,12H,2-3,8-11,13-14H2,1H3,(H,25,28)/t23-/m1/s1. The molecule has 6 nitrogen and oxygen atoms in total. The van der Waals surface area contributed by atoms with Crippen molar-refractivity contribution >= 4 is 44.9 Å². The lowest BCUT2D eigenvalue weighted by molar-refractivity contribution is -0.124. The number of nitrogens with one attached hydrogen (secondary N) is 1. The van der Waals surface area contributed by atoms with Gasteiger partial charge in [0, 0.05) is 38.1 Å². The van der Waals surface area contributed by atoms with Gasteiger partial charge in [0.1, 0.15) is 5.54 Å². The second-order valence-electron chi connectivity index (χ2n) is 8.19. The van der Waals surface area contributed by atoms with E-state index in [1.807, 2.05) is 36.1 Å². The molecule has 3 heterocycles. The van der Waals surface area contributed by atoms with Crippen molar-refractivity contribution in [1.29, 1.82) is 0 Å². The minimum absolute atomic E-state index is 0.0583. The van der Waals surface area contributed by atoms with Gasteiger partial charge in [0.15, 0.2) is 5.78 Å². The maximum absolute atomic E-state index is 13.3. The SMILES string of the molecule is Cc1cc(CC(=O)[C@@]2(NC(=O)c3ccc(Br)s3)CCOC2)ccc1C(=O)N1CCCC1. The predicted molar refractivity (Wildman–Crippen MR) is 123 cm³/mol. The number of amides is 2. The van der Waals surface area contributed by atoms with Crippen LogP contribution in [0.15, 0.2) is 34.1 Å². The third-order valence-electron chi connectivity index (χ3n) is 5.98. The third-order valence-corrected chi connectivity index (χ3v) is 7.61. The van der Waals surface area contributed by atoms with E-state index in [4.69, 9.17) is 4.74 Å². The molecule has 8 heteroatoms. The highest BCUT2D eigenvalue weighted by Gasteiger charge is 2.43. The van der Waals surface area contributed by atoms with Gasteiger partial charge in [0.2, 0.25) is 0 Å². The molecule has 0 spiro atoms. The zero-order chi connectivity index (χ0) is 22.0. The number of carbonyl (C=O) groups is 3. The van der Waals surface area contributed by atoms with Crippen molar-refractivity contribution in [2.75, 3.05) is 26.3 Å². The van der Waals surface area contributed by atoms with Gasteiger partial charge in [-0.1, -0.05) is 12.1 Å². The Morgan fingerprint density at radius 1 is 1.19 bits per heavy atom. The molecule has 1 aromatic heterocycles. The first-order valence-corrected chi connectivity index (χ1v) is 12.1. The van der Waals surface area contributed by atoms with Gasteiger partial charge in [-0.15, -0.1) is 11.3 Å². The van der Waals surface area contributed by atoms with Crippen LogP contribution in [0.5, 0.6) is 0 Å². The summed E-state index contributed by atoms with van der Waals surface area (Å²) < 4.78 is 6.36. The summed E-state index contributed by atoms with van der Waals surface area (Å²) in [6, 6.07) is 9.11. The van der Waals surface area contributed by atoms with Gasteiger partial charge in [-0.05, 0) is 65.0 Å². The predicted octanol–water partition coefficient (Wildman–Crippen LogP) is 3.76. The summed E-state index contributed by atoms with van der Waals surface area (Å²) in [5, 5.41) is 2.94. The van der Waals surface area contributed by atoms with Gasteiger partial charge in [-0.3, -0.25) is 14.4 Å². The number of hydrogen-bond acceptors (Lipinski definition) is 5. The van der Waals surface area contributed by atoms with E-state index in [1.165, 1.54) is 11.3 Å². The molecule has 164 valence electrons. The van der Waals surface area contributed by atoms with E-state index in [1.54, 1.807) is 6.07 Å². The van der Waals surface area contributed by atoms with Crippen molar-refractivity contribution in [3.05, 3.63) is 55.7 Å². The molecule has 1 N–H and O–H groups in total. The highest BCUT2D eigenvalue weighted by Crippen LogP contribution is 2.26. The molecule has 1 atom stereocenters. The Labute approximate surface area is 194 Å². The Bertz CT molecular complexity index is 1010. The third kappa shape index (κ3) is 4.76. The summed E-state index contributed by atoms with van der Waals surface area (Å²) in [6.45, 7) is 4.13. The number of ketones is 1. The fourth-order valence-electron chi connectivity index (χ4n) is 4.19. The molecule has 0 unspecified atom stereocenters. The summed E-state index contributed by atoms with van der Waals surface area (Å²) in [5.41, 5.74) is 1.37. The smallest absolute Gasteiger partial charge is 0.262 e. The molecule has 0 aliphatic carbocycles. The summed E-state index contributed by atoms with van der Waals surface area (Å²) >= 11 is 4.69. The van der Waals surface area contributed by atoms with E-state index >= 15 is 0 Å². The van der Waals surface area contributed by atoms with E-state index in [0.717, 1.165) is 40.8 Å². The first kappa shape index (κ1) is 22.2. The first-order chi connectivity index (χ1) is 14.9. The molecule has 2 amide bonds. The van der Waals surface area contributed by atoms with Crippen molar-refractivity contribution < 1.29 is 19.1 Å². The molecule has 0 bridgehead atoms. The molecular weight excluding hydrogens is 480 g/mol. The average Bonchev–Trinajstić information content (AvgIpc) is 3.50. The topological polar surface area (TPSA) is 75.7 Å². The van der Waals surface area contributed by atoms with Crippen molar-refractivity contribution in [1.82, 2.24) is 10.2 Å². The Balaban J connectivity index is 1.48. The number of carbonyl (C=O) groups excluding carboxylic acids is 3. The van der Waals surface area contributed by atoms with Gasteiger partial charge in [0.05, 0.1) is 15.3 Å². The van der Waals surface area contributed by atoms with Crippen molar-refractivity contribution in [2.24, 2.45) is 0 Å². The van der Waals surface area contributed by atoms with Gasteiger partial charge in [-0.2, -0.15) is 0 Å². The zero-order valence-corrected chi connectivity index (χ0v) is 19.8. The average molecular weight is 505 g/mol. The molecule has 31 heavy (non-hydrogen) atoms. The number of rotatable bonds is 6. The normalized spacial score (nSPS) is 20.8. The van der Waals surface area contributed by atoms with Crippen LogP contribution >= 0.6 is 27.3 Å². The van der Waals surface area contributed by atoms with Crippen molar-refractivity contribution in [2.45, 2.75) is 38.1 Å². The minimum atomic E-state index is -1.02. The number of ether oxygens (including phenoxy) is 1. The van der Waals surface area contributed by atoms with E-state index in [-0.39, 0.29) is 30.6 Å². The maximum atomic E-state index is 13.3. The van der Waals surface area contributed by atoms with Crippen molar-refractivity contribution in [3.8, 4) is 0 Å². The Hall–Kier alpha value is -2.03. The summed E-state index contributed by atoms with van der Waals surface area (Å²) in [7, 11) is 0. The molecule has 1 aromatic carbocycles. The fraction of sp³-hybridized carbons (Fsp3) is 0.435. The highest BCUT2D eigenvalue weighted by atomic mass is 79.9. The molecule has 2 aliphatic heterocycles. The number of halogens is 1. The lowest BCUT2D eigenvalue weighted by Gasteiger charge is -2.27. The number of likely N-dealkylation sites (tertiary alicyclic amines) is 1. The monoisotopic (exact) mass is 504 g/mol.